The second-order valence-corrected chi connectivity index (χ2v) is 5.83. The zero-order valence-corrected chi connectivity index (χ0v) is 11.0. The summed E-state index contributed by atoms with van der Waals surface area (Å²) in [5, 5.41) is 9.03. The third-order valence-corrected chi connectivity index (χ3v) is 4.93. The van der Waals surface area contributed by atoms with Gasteiger partial charge in [-0.05, 0) is 49.5 Å². The molecule has 0 bridgehead atoms. The van der Waals surface area contributed by atoms with E-state index in [1.165, 1.54) is 0 Å². The average Bonchev–Trinajstić information content (AvgIpc) is 2.71. The van der Waals surface area contributed by atoms with Crippen LogP contribution in [0.15, 0.2) is 23.8 Å². The summed E-state index contributed by atoms with van der Waals surface area (Å²) in [4.78, 5) is 22.6. The van der Waals surface area contributed by atoms with Crippen LogP contribution in [0.1, 0.15) is 39.5 Å². The number of carboxylic acids is 1. The highest BCUT2D eigenvalue weighted by Gasteiger charge is 2.47. The maximum absolute atomic E-state index is 11.6. The van der Waals surface area contributed by atoms with Gasteiger partial charge in [0.15, 0.2) is 5.78 Å². The molecule has 0 aromatic rings. The highest BCUT2D eigenvalue weighted by molar-refractivity contribution is 5.92. The van der Waals surface area contributed by atoms with Gasteiger partial charge in [0.2, 0.25) is 0 Å². The van der Waals surface area contributed by atoms with Crippen LogP contribution in [-0.2, 0) is 9.59 Å². The lowest BCUT2D eigenvalue weighted by Gasteiger charge is -2.39. The number of allylic oxidation sites excluding steroid dienone is 2. The second kappa shape index (κ2) is 4.38. The van der Waals surface area contributed by atoms with E-state index in [1.54, 1.807) is 6.08 Å². The van der Waals surface area contributed by atoms with E-state index < -0.39 is 5.97 Å². The van der Waals surface area contributed by atoms with Crippen LogP contribution in [0.2, 0.25) is 0 Å². The topological polar surface area (TPSA) is 54.4 Å². The number of rotatable bonds is 2. The van der Waals surface area contributed by atoms with Crippen LogP contribution in [-0.4, -0.2) is 16.9 Å². The normalized spacial score (nSPS) is 35.7. The molecular formula is C15H20O3. The lowest BCUT2D eigenvalue weighted by molar-refractivity contribution is -0.133. The summed E-state index contributed by atoms with van der Waals surface area (Å²) in [5.41, 5.74) is 1.48. The number of carbonyl (C=O) groups is 2. The third-order valence-electron chi connectivity index (χ3n) is 4.93. The van der Waals surface area contributed by atoms with Crippen molar-refractivity contribution in [2.24, 2.45) is 17.3 Å². The van der Waals surface area contributed by atoms with Crippen molar-refractivity contribution in [3.8, 4) is 0 Å². The number of carbonyl (C=O) groups excluding carboxylic acids is 1. The molecule has 0 saturated heterocycles. The van der Waals surface area contributed by atoms with Gasteiger partial charge in [-0.1, -0.05) is 19.1 Å². The fraction of sp³-hybridized carbons (Fsp3) is 0.600. The standard InChI is InChI=1S/C15H20O3/c1-9-6-13(16)7-10(2)15(9)5-4-12(8-15)11(3)14(17)18/h6,10,12H,3-5,7-8H2,1-2H3,(H,17,18)/t10-,12+,15+/m0/s1. The van der Waals surface area contributed by atoms with Gasteiger partial charge in [0.1, 0.15) is 0 Å². The predicted octanol–water partition coefficient (Wildman–Crippen LogP) is 2.97. The molecule has 0 heterocycles. The van der Waals surface area contributed by atoms with Gasteiger partial charge in [-0.2, -0.15) is 0 Å². The van der Waals surface area contributed by atoms with E-state index >= 15 is 0 Å². The summed E-state index contributed by atoms with van der Waals surface area (Å²) >= 11 is 0. The van der Waals surface area contributed by atoms with Gasteiger partial charge in [0.25, 0.3) is 0 Å². The van der Waals surface area contributed by atoms with Gasteiger partial charge in [-0.3, -0.25) is 4.79 Å². The first-order chi connectivity index (χ1) is 8.36. The molecule has 3 atom stereocenters. The Hall–Kier alpha value is -1.38. The molecule has 0 aliphatic heterocycles. The van der Waals surface area contributed by atoms with Crippen LogP contribution < -0.4 is 0 Å². The summed E-state index contributed by atoms with van der Waals surface area (Å²) in [6.07, 6.45) is 5.01. The van der Waals surface area contributed by atoms with Crippen LogP contribution in [0, 0.1) is 17.3 Å². The van der Waals surface area contributed by atoms with E-state index in [0.29, 0.717) is 17.9 Å². The molecule has 1 fully saturated rings. The minimum atomic E-state index is -0.891. The Kier molecular flexibility index (Phi) is 3.18. The molecule has 2 rings (SSSR count). The summed E-state index contributed by atoms with van der Waals surface area (Å²) < 4.78 is 0. The molecule has 0 radical (unpaired) electrons. The Bertz CT molecular complexity index is 447. The van der Waals surface area contributed by atoms with Crippen LogP contribution in [0.25, 0.3) is 0 Å². The van der Waals surface area contributed by atoms with Crippen molar-refractivity contribution in [1.82, 2.24) is 0 Å². The monoisotopic (exact) mass is 248 g/mol. The second-order valence-electron chi connectivity index (χ2n) is 5.83. The molecule has 0 aromatic heterocycles. The van der Waals surface area contributed by atoms with Crippen LogP contribution in [0.4, 0.5) is 0 Å². The van der Waals surface area contributed by atoms with Gasteiger partial charge in [-0.25, -0.2) is 4.79 Å². The molecular weight excluding hydrogens is 228 g/mol. The SMILES string of the molecule is C=C(C(=O)O)[C@@H]1CC[C@@]2(C1)C(C)=CC(=O)C[C@@H]2C. The molecule has 3 heteroatoms. The molecule has 1 spiro atoms. The van der Waals surface area contributed by atoms with Crippen molar-refractivity contribution in [2.75, 3.05) is 0 Å². The van der Waals surface area contributed by atoms with Gasteiger partial charge in [-0.15, -0.1) is 0 Å². The predicted molar refractivity (Wildman–Crippen MR) is 69.1 cm³/mol. The molecule has 18 heavy (non-hydrogen) atoms. The zero-order valence-electron chi connectivity index (χ0n) is 11.0. The number of carboxylic acid groups (broad SMARTS) is 1. The van der Waals surface area contributed by atoms with Crippen LogP contribution >= 0.6 is 0 Å². The first-order valence-corrected chi connectivity index (χ1v) is 6.50. The molecule has 1 N–H and O–H groups in total. The summed E-state index contributed by atoms with van der Waals surface area (Å²) in [6.45, 7) is 7.82. The number of hydrogen-bond donors (Lipinski definition) is 1. The summed E-state index contributed by atoms with van der Waals surface area (Å²) in [7, 11) is 0. The minimum Gasteiger partial charge on any atom is -0.478 e. The highest BCUT2D eigenvalue weighted by Crippen LogP contribution is 2.55. The van der Waals surface area contributed by atoms with E-state index in [4.69, 9.17) is 5.11 Å². The molecule has 2 aliphatic rings. The van der Waals surface area contributed by atoms with Crippen molar-refractivity contribution >= 4 is 11.8 Å². The van der Waals surface area contributed by atoms with E-state index in [1.807, 2.05) is 6.92 Å². The number of ketones is 1. The van der Waals surface area contributed by atoms with Crippen molar-refractivity contribution in [1.29, 1.82) is 0 Å². The van der Waals surface area contributed by atoms with Gasteiger partial charge in [0, 0.05) is 12.0 Å². The summed E-state index contributed by atoms with van der Waals surface area (Å²) in [6, 6.07) is 0. The van der Waals surface area contributed by atoms with Gasteiger partial charge in [0.05, 0.1) is 0 Å². The first kappa shape index (κ1) is 13.1. The molecule has 98 valence electrons. The Balaban J connectivity index is 2.25. The van der Waals surface area contributed by atoms with E-state index in [-0.39, 0.29) is 17.1 Å². The molecule has 2 aliphatic carbocycles. The maximum atomic E-state index is 11.6. The van der Waals surface area contributed by atoms with Crippen LogP contribution in [0.5, 0.6) is 0 Å². The average molecular weight is 248 g/mol. The summed E-state index contributed by atoms with van der Waals surface area (Å²) in [5.74, 6) is -0.326. The molecule has 1 saturated carbocycles. The maximum Gasteiger partial charge on any atom is 0.331 e. The zero-order chi connectivity index (χ0) is 13.5. The number of hydrogen-bond acceptors (Lipinski definition) is 2. The molecule has 0 amide bonds. The lowest BCUT2D eigenvalue weighted by Crippen LogP contribution is -2.33. The Morgan fingerprint density at radius 2 is 2.22 bits per heavy atom. The van der Waals surface area contributed by atoms with E-state index in [2.05, 4.69) is 13.5 Å². The van der Waals surface area contributed by atoms with Crippen LogP contribution in [0.3, 0.4) is 0 Å². The Morgan fingerprint density at radius 3 is 2.78 bits per heavy atom. The molecule has 0 aromatic carbocycles. The lowest BCUT2D eigenvalue weighted by atomic mass is 9.64. The Labute approximate surface area is 108 Å². The van der Waals surface area contributed by atoms with Gasteiger partial charge >= 0.3 is 5.97 Å². The van der Waals surface area contributed by atoms with Crippen molar-refractivity contribution in [2.45, 2.75) is 39.5 Å². The third kappa shape index (κ3) is 1.92. The number of aliphatic carboxylic acids is 1. The smallest absolute Gasteiger partial charge is 0.331 e. The van der Waals surface area contributed by atoms with E-state index in [9.17, 15) is 9.59 Å². The van der Waals surface area contributed by atoms with Crippen molar-refractivity contribution < 1.29 is 14.7 Å². The van der Waals surface area contributed by atoms with Gasteiger partial charge < -0.3 is 5.11 Å². The molecule has 0 unspecified atom stereocenters. The Morgan fingerprint density at radius 1 is 1.56 bits per heavy atom. The molecule has 3 nitrogen and oxygen atoms in total. The minimum absolute atomic E-state index is 0.0248. The largest absolute Gasteiger partial charge is 0.478 e. The van der Waals surface area contributed by atoms with Crippen molar-refractivity contribution in [3.05, 3.63) is 23.8 Å². The van der Waals surface area contributed by atoms with E-state index in [0.717, 1.165) is 24.8 Å². The highest BCUT2D eigenvalue weighted by atomic mass is 16.4. The quantitative estimate of drug-likeness (QED) is 0.764. The fourth-order valence-electron chi connectivity index (χ4n) is 3.68. The van der Waals surface area contributed by atoms with Crippen molar-refractivity contribution in [3.63, 3.8) is 0 Å². The fourth-order valence-corrected chi connectivity index (χ4v) is 3.68. The first-order valence-electron chi connectivity index (χ1n) is 6.50.